The highest BCUT2D eigenvalue weighted by Gasteiger charge is 2.14. The lowest BCUT2D eigenvalue weighted by Crippen LogP contribution is -2.34. The van der Waals surface area contributed by atoms with Gasteiger partial charge in [-0.05, 0) is 30.7 Å². The van der Waals surface area contributed by atoms with Crippen LogP contribution in [-0.2, 0) is 17.9 Å². The summed E-state index contributed by atoms with van der Waals surface area (Å²) in [6.45, 7) is 1.64. The molecule has 0 radical (unpaired) electrons. The second-order valence-corrected chi connectivity index (χ2v) is 6.61. The number of benzene rings is 2. The van der Waals surface area contributed by atoms with Crippen LogP contribution in [0.15, 0.2) is 65.5 Å². The molecule has 0 saturated heterocycles. The molecule has 0 fully saturated rings. The molecule has 7 nitrogen and oxygen atoms in total. The second kappa shape index (κ2) is 7.67. The molecule has 2 aromatic heterocycles. The number of carbonyl (C=O) groups is 1. The molecule has 1 amide bonds. The Balaban J connectivity index is 1.57. The predicted molar refractivity (Wildman–Crippen MR) is 106 cm³/mol. The number of halogens is 1. The minimum absolute atomic E-state index is 0.164. The van der Waals surface area contributed by atoms with Crippen molar-refractivity contribution in [2.45, 2.75) is 20.0 Å². The van der Waals surface area contributed by atoms with Gasteiger partial charge in [0.2, 0.25) is 5.91 Å². The van der Waals surface area contributed by atoms with Gasteiger partial charge in [-0.2, -0.15) is 10.2 Å². The first-order chi connectivity index (χ1) is 14.0. The first kappa shape index (κ1) is 18.5. The molecule has 2 aromatic carbocycles. The summed E-state index contributed by atoms with van der Waals surface area (Å²) < 4.78 is 15.8. The highest BCUT2D eigenvalue weighted by molar-refractivity contribution is 5.75. The Morgan fingerprint density at radius 2 is 1.86 bits per heavy atom. The molecule has 1 N–H and O–H groups in total. The van der Waals surface area contributed by atoms with Gasteiger partial charge in [0.15, 0.2) is 0 Å². The van der Waals surface area contributed by atoms with Crippen molar-refractivity contribution in [3.8, 4) is 11.3 Å². The van der Waals surface area contributed by atoms with Gasteiger partial charge in [-0.1, -0.05) is 42.5 Å². The number of rotatable bonds is 5. The zero-order valence-electron chi connectivity index (χ0n) is 15.7. The lowest BCUT2D eigenvalue weighted by Gasteiger charge is -2.08. The van der Waals surface area contributed by atoms with E-state index in [9.17, 15) is 14.0 Å². The summed E-state index contributed by atoms with van der Waals surface area (Å²) in [5.74, 6) is -0.277. The van der Waals surface area contributed by atoms with Gasteiger partial charge in [-0.25, -0.2) is 13.6 Å². The molecule has 4 rings (SSSR count). The number of hydrogen-bond acceptors (Lipinski definition) is 4. The van der Waals surface area contributed by atoms with Crippen molar-refractivity contribution in [2.24, 2.45) is 0 Å². The largest absolute Gasteiger partial charge is 0.350 e. The maximum Gasteiger partial charge on any atom is 0.293 e. The molecule has 0 aliphatic heterocycles. The van der Waals surface area contributed by atoms with Crippen LogP contribution in [0.1, 0.15) is 11.4 Å². The van der Waals surface area contributed by atoms with Gasteiger partial charge >= 0.3 is 0 Å². The molecule has 4 aromatic rings. The summed E-state index contributed by atoms with van der Waals surface area (Å²) in [6.07, 6.45) is 0. The van der Waals surface area contributed by atoms with E-state index in [1.807, 2.05) is 30.3 Å². The van der Waals surface area contributed by atoms with Crippen LogP contribution in [0.4, 0.5) is 4.39 Å². The molecule has 0 spiro atoms. The molecule has 0 unspecified atom stereocenters. The zero-order chi connectivity index (χ0) is 20.4. The molecule has 0 aliphatic rings. The second-order valence-electron chi connectivity index (χ2n) is 6.61. The lowest BCUT2D eigenvalue weighted by atomic mass is 10.1. The Labute approximate surface area is 165 Å². The lowest BCUT2D eigenvalue weighted by molar-refractivity contribution is -0.122. The van der Waals surface area contributed by atoms with Crippen molar-refractivity contribution in [3.63, 3.8) is 0 Å². The smallest absolute Gasteiger partial charge is 0.293 e. The van der Waals surface area contributed by atoms with E-state index in [2.05, 4.69) is 15.5 Å². The maximum atomic E-state index is 13.2. The van der Waals surface area contributed by atoms with Crippen LogP contribution in [0.5, 0.6) is 0 Å². The van der Waals surface area contributed by atoms with E-state index in [4.69, 9.17) is 0 Å². The quantitative estimate of drug-likeness (QED) is 0.566. The van der Waals surface area contributed by atoms with Crippen LogP contribution < -0.4 is 10.9 Å². The highest BCUT2D eigenvalue weighted by atomic mass is 19.1. The van der Waals surface area contributed by atoms with Gasteiger partial charge in [0.05, 0.1) is 5.69 Å². The number of fused-ring (bicyclic) bond motifs is 1. The molecule has 29 heavy (non-hydrogen) atoms. The molecule has 0 aliphatic carbocycles. The fourth-order valence-electron chi connectivity index (χ4n) is 3.07. The summed E-state index contributed by atoms with van der Waals surface area (Å²) in [6, 6.07) is 17.2. The first-order valence-electron chi connectivity index (χ1n) is 9.05. The van der Waals surface area contributed by atoms with Crippen molar-refractivity contribution in [1.82, 2.24) is 24.7 Å². The topological polar surface area (TPSA) is 81.3 Å². The minimum atomic E-state index is -0.411. The molecular formula is C21H18FN5O2. The number of amides is 1. The Kier molecular flexibility index (Phi) is 4.90. The van der Waals surface area contributed by atoms with Crippen LogP contribution in [-0.4, -0.2) is 25.3 Å². The van der Waals surface area contributed by atoms with Crippen LogP contribution in [0.2, 0.25) is 0 Å². The van der Waals surface area contributed by atoms with E-state index in [1.54, 1.807) is 25.1 Å². The number of carbonyl (C=O) groups excluding carboxylic acids is 1. The molecular weight excluding hydrogens is 373 g/mol. The number of nitrogens with one attached hydrogen (secondary N) is 1. The van der Waals surface area contributed by atoms with Gasteiger partial charge in [-0.3, -0.25) is 9.59 Å². The molecule has 0 saturated carbocycles. The van der Waals surface area contributed by atoms with Gasteiger partial charge in [0, 0.05) is 12.1 Å². The standard InChI is InChI=1S/C21H18FN5O2/c1-14-24-26(13-20(28)23-12-15-6-5-9-17(22)10-15)21(29)19-11-18(25-27(14)19)16-7-3-2-4-8-16/h2-11H,12-13H2,1H3,(H,23,28). The molecule has 0 atom stereocenters. The van der Waals surface area contributed by atoms with Crippen molar-refractivity contribution in [3.05, 3.63) is 88.2 Å². The Morgan fingerprint density at radius 1 is 1.07 bits per heavy atom. The molecule has 8 heteroatoms. The van der Waals surface area contributed by atoms with Crippen LogP contribution in [0.3, 0.4) is 0 Å². The Bertz CT molecular complexity index is 1250. The molecule has 146 valence electrons. The number of aryl methyl sites for hydroxylation is 1. The van der Waals surface area contributed by atoms with Gasteiger partial charge < -0.3 is 5.32 Å². The van der Waals surface area contributed by atoms with Gasteiger partial charge in [-0.15, -0.1) is 0 Å². The van der Waals surface area contributed by atoms with Gasteiger partial charge in [0.1, 0.15) is 23.7 Å². The third kappa shape index (κ3) is 3.91. The van der Waals surface area contributed by atoms with E-state index < -0.39 is 11.5 Å². The van der Waals surface area contributed by atoms with Crippen molar-refractivity contribution in [1.29, 1.82) is 0 Å². The van der Waals surface area contributed by atoms with Crippen LogP contribution in [0, 0.1) is 12.7 Å². The van der Waals surface area contributed by atoms with Crippen molar-refractivity contribution < 1.29 is 9.18 Å². The molecule has 2 heterocycles. The van der Waals surface area contributed by atoms with E-state index in [1.165, 1.54) is 16.6 Å². The highest BCUT2D eigenvalue weighted by Crippen LogP contribution is 2.18. The Hall–Kier alpha value is -3.81. The van der Waals surface area contributed by atoms with Gasteiger partial charge in [0.25, 0.3) is 5.56 Å². The summed E-state index contributed by atoms with van der Waals surface area (Å²) in [5.41, 5.74) is 2.10. The van der Waals surface area contributed by atoms with E-state index >= 15 is 0 Å². The third-order valence-electron chi connectivity index (χ3n) is 4.48. The fourth-order valence-corrected chi connectivity index (χ4v) is 3.07. The van der Waals surface area contributed by atoms with E-state index in [0.29, 0.717) is 22.6 Å². The average Bonchev–Trinajstić information content (AvgIpc) is 3.17. The SMILES string of the molecule is Cc1nn(CC(=O)NCc2cccc(F)c2)c(=O)c2cc(-c3ccccc3)nn12. The Morgan fingerprint density at radius 3 is 2.62 bits per heavy atom. The summed E-state index contributed by atoms with van der Waals surface area (Å²) in [5, 5.41) is 11.3. The monoisotopic (exact) mass is 391 g/mol. The van der Waals surface area contributed by atoms with Crippen molar-refractivity contribution in [2.75, 3.05) is 0 Å². The minimum Gasteiger partial charge on any atom is -0.350 e. The van der Waals surface area contributed by atoms with E-state index in [-0.39, 0.29) is 18.9 Å². The molecule has 0 bridgehead atoms. The predicted octanol–water partition coefficient (Wildman–Crippen LogP) is 2.32. The van der Waals surface area contributed by atoms with Crippen LogP contribution >= 0.6 is 0 Å². The fraction of sp³-hybridized carbons (Fsp3) is 0.143. The summed E-state index contributed by atoms with van der Waals surface area (Å²) >= 11 is 0. The average molecular weight is 391 g/mol. The van der Waals surface area contributed by atoms with Crippen molar-refractivity contribution >= 4 is 11.4 Å². The summed E-state index contributed by atoms with van der Waals surface area (Å²) in [4.78, 5) is 25.1. The normalized spacial score (nSPS) is 11.0. The third-order valence-corrected chi connectivity index (χ3v) is 4.48. The van der Waals surface area contributed by atoms with Crippen LogP contribution in [0.25, 0.3) is 16.8 Å². The number of nitrogens with zero attached hydrogens (tertiary/aromatic N) is 4. The number of aromatic nitrogens is 4. The first-order valence-corrected chi connectivity index (χ1v) is 9.05. The number of hydrogen-bond donors (Lipinski definition) is 1. The maximum absolute atomic E-state index is 13.2. The van der Waals surface area contributed by atoms with E-state index in [0.717, 1.165) is 10.2 Å². The zero-order valence-corrected chi connectivity index (χ0v) is 15.7. The summed E-state index contributed by atoms with van der Waals surface area (Å²) in [7, 11) is 0.